The van der Waals surface area contributed by atoms with Crippen molar-refractivity contribution < 1.29 is 9.47 Å². The minimum Gasteiger partial charge on any atom is -0.449 e. The average Bonchev–Trinajstić information content (AvgIpc) is 3.22. The molecule has 0 bridgehead atoms. The summed E-state index contributed by atoms with van der Waals surface area (Å²) in [5.41, 5.74) is 6.94. The number of ether oxygens (including phenoxy) is 2. The van der Waals surface area contributed by atoms with Crippen LogP contribution < -0.4 is 9.47 Å². The number of para-hydroxylation sites is 2. The van der Waals surface area contributed by atoms with Crippen molar-refractivity contribution in [2.24, 2.45) is 0 Å². The van der Waals surface area contributed by atoms with Gasteiger partial charge in [0.05, 0.1) is 16.4 Å². The van der Waals surface area contributed by atoms with Gasteiger partial charge >= 0.3 is 0 Å². The molecule has 3 heteroatoms. The van der Waals surface area contributed by atoms with E-state index >= 15 is 0 Å². The molecule has 0 aliphatic carbocycles. The Bertz CT molecular complexity index is 1700. The number of aromatic nitrogens is 1. The van der Waals surface area contributed by atoms with Crippen LogP contribution in [0.3, 0.4) is 0 Å². The number of hydrogen-bond donors (Lipinski definition) is 0. The van der Waals surface area contributed by atoms with E-state index in [1.807, 2.05) is 36.4 Å². The van der Waals surface area contributed by atoms with Crippen molar-refractivity contribution in [2.45, 2.75) is 6.92 Å². The van der Waals surface area contributed by atoms with Crippen LogP contribution in [0.25, 0.3) is 38.6 Å². The van der Waals surface area contributed by atoms with E-state index in [0.717, 1.165) is 50.5 Å². The van der Waals surface area contributed by atoms with Gasteiger partial charge in [-0.25, -0.2) is 0 Å². The Kier molecular flexibility index (Phi) is 4.06. The highest BCUT2D eigenvalue weighted by Crippen LogP contribution is 2.51. The van der Waals surface area contributed by atoms with Gasteiger partial charge in [-0.3, -0.25) is 0 Å². The number of nitrogens with zero attached hydrogens (tertiary/aromatic N) is 1. The molecule has 5 aromatic carbocycles. The van der Waals surface area contributed by atoms with Crippen molar-refractivity contribution >= 4 is 21.8 Å². The zero-order chi connectivity index (χ0) is 22.6. The lowest BCUT2D eigenvalue weighted by molar-refractivity contribution is 0.363. The monoisotopic (exact) mass is 439 g/mol. The summed E-state index contributed by atoms with van der Waals surface area (Å²) in [6, 6.07) is 37.8. The lowest BCUT2D eigenvalue weighted by Crippen LogP contribution is -1.99. The third-order valence-electron chi connectivity index (χ3n) is 6.53. The zero-order valence-electron chi connectivity index (χ0n) is 18.7. The molecule has 0 spiro atoms. The van der Waals surface area contributed by atoms with Crippen LogP contribution in [0.5, 0.6) is 23.0 Å². The number of benzene rings is 5. The highest BCUT2D eigenvalue weighted by molar-refractivity contribution is 6.14. The molecular weight excluding hydrogens is 418 g/mol. The summed E-state index contributed by atoms with van der Waals surface area (Å²) in [4.78, 5) is 0. The van der Waals surface area contributed by atoms with E-state index in [-0.39, 0.29) is 0 Å². The summed E-state index contributed by atoms with van der Waals surface area (Å²) >= 11 is 0. The van der Waals surface area contributed by atoms with Gasteiger partial charge in [-0.1, -0.05) is 66.2 Å². The Morgan fingerprint density at radius 1 is 0.559 bits per heavy atom. The normalized spacial score (nSPS) is 12.1. The van der Waals surface area contributed by atoms with E-state index in [0.29, 0.717) is 0 Å². The van der Waals surface area contributed by atoms with Crippen LogP contribution in [0.15, 0.2) is 109 Å². The first-order valence-electron chi connectivity index (χ1n) is 11.4. The second kappa shape index (κ2) is 7.26. The van der Waals surface area contributed by atoms with Crippen molar-refractivity contribution in [2.75, 3.05) is 0 Å². The van der Waals surface area contributed by atoms with Gasteiger partial charge in [0.15, 0.2) is 23.0 Å². The van der Waals surface area contributed by atoms with E-state index in [4.69, 9.17) is 9.47 Å². The molecule has 6 aromatic rings. The fraction of sp³-hybridized carbons (Fsp3) is 0.0323. The van der Waals surface area contributed by atoms with E-state index in [2.05, 4.69) is 84.3 Å². The minimum absolute atomic E-state index is 0.734. The van der Waals surface area contributed by atoms with Crippen molar-refractivity contribution in [3.05, 3.63) is 115 Å². The predicted molar refractivity (Wildman–Crippen MR) is 138 cm³/mol. The van der Waals surface area contributed by atoms with Crippen LogP contribution >= 0.6 is 0 Å². The highest BCUT2D eigenvalue weighted by Gasteiger charge is 2.25. The van der Waals surface area contributed by atoms with Crippen LogP contribution in [-0.2, 0) is 0 Å². The molecule has 7 rings (SSSR count). The minimum atomic E-state index is 0.734. The fourth-order valence-corrected chi connectivity index (χ4v) is 4.87. The van der Waals surface area contributed by atoms with E-state index < -0.39 is 0 Å². The molecular formula is C31H21NO2. The highest BCUT2D eigenvalue weighted by atomic mass is 16.6. The lowest BCUT2D eigenvalue weighted by Gasteiger charge is -2.21. The molecule has 0 saturated carbocycles. The number of rotatable bonds is 2. The Labute approximate surface area is 197 Å². The van der Waals surface area contributed by atoms with Gasteiger partial charge in [-0.2, -0.15) is 0 Å². The Morgan fingerprint density at radius 2 is 1.26 bits per heavy atom. The van der Waals surface area contributed by atoms with E-state index in [1.54, 1.807) is 0 Å². The summed E-state index contributed by atoms with van der Waals surface area (Å²) in [6.45, 7) is 2.11. The lowest BCUT2D eigenvalue weighted by atomic mass is 10.0. The fourth-order valence-electron chi connectivity index (χ4n) is 4.87. The van der Waals surface area contributed by atoms with E-state index in [9.17, 15) is 0 Å². The van der Waals surface area contributed by atoms with Gasteiger partial charge in [0.25, 0.3) is 0 Å². The summed E-state index contributed by atoms with van der Waals surface area (Å²) in [6.07, 6.45) is 0. The summed E-state index contributed by atoms with van der Waals surface area (Å²) in [5.74, 6) is 2.97. The van der Waals surface area contributed by atoms with Crippen molar-refractivity contribution in [3.63, 3.8) is 0 Å². The second-order valence-corrected chi connectivity index (χ2v) is 8.71. The topological polar surface area (TPSA) is 23.4 Å². The van der Waals surface area contributed by atoms with Crippen molar-refractivity contribution in [1.82, 2.24) is 4.57 Å². The summed E-state index contributed by atoms with van der Waals surface area (Å²) < 4.78 is 15.0. The number of aryl methyl sites for hydroxylation is 1. The van der Waals surface area contributed by atoms with Gasteiger partial charge in [0.1, 0.15) is 0 Å². The Hall–Kier alpha value is -4.50. The maximum Gasteiger partial charge on any atom is 0.180 e. The molecule has 0 radical (unpaired) electrons. The van der Waals surface area contributed by atoms with Gasteiger partial charge < -0.3 is 14.0 Å². The van der Waals surface area contributed by atoms with Gasteiger partial charge in [0, 0.05) is 11.1 Å². The van der Waals surface area contributed by atoms with Crippen LogP contribution in [-0.4, -0.2) is 4.57 Å². The van der Waals surface area contributed by atoms with Crippen molar-refractivity contribution in [1.29, 1.82) is 0 Å². The third kappa shape index (κ3) is 2.84. The van der Waals surface area contributed by atoms with E-state index in [1.165, 1.54) is 16.7 Å². The van der Waals surface area contributed by atoms with Crippen LogP contribution in [0.2, 0.25) is 0 Å². The molecule has 0 amide bonds. The maximum absolute atomic E-state index is 6.47. The first-order chi connectivity index (χ1) is 16.8. The van der Waals surface area contributed by atoms with Crippen LogP contribution in [0.4, 0.5) is 0 Å². The van der Waals surface area contributed by atoms with Crippen LogP contribution in [0, 0.1) is 6.92 Å². The molecule has 0 unspecified atom stereocenters. The first kappa shape index (κ1) is 19.0. The summed E-state index contributed by atoms with van der Waals surface area (Å²) in [5, 5.41) is 2.19. The van der Waals surface area contributed by atoms with Gasteiger partial charge in [-0.05, 0) is 66.6 Å². The maximum atomic E-state index is 6.47. The molecule has 34 heavy (non-hydrogen) atoms. The average molecular weight is 440 g/mol. The number of fused-ring (bicyclic) bond motifs is 6. The SMILES string of the molecule is Cc1ccc(-n2c3ccc(-c4ccccc4)cc3c3c4c(ccc32)Oc2ccccc2O4)cc1. The van der Waals surface area contributed by atoms with Gasteiger partial charge in [-0.15, -0.1) is 0 Å². The smallest absolute Gasteiger partial charge is 0.180 e. The molecule has 0 fully saturated rings. The largest absolute Gasteiger partial charge is 0.449 e. The Morgan fingerprint density at radius 3 is 2.06 bits per heavy atom. The molecule has 3 nitrogen and oxygen atoms in total. The van der Waals surface area contributed by atoms with Gasteiger partial charge in [0.2, 0.25) is 0 Å². The number of hydrogen-bond acceptors (Lipinski definition) is 2. The molecule has 162 valence electrons. The molecule has 1 aliphatic heterocycles. The molecule has 1 aromatic heterocycles. The standard InChI is InChI=1S/C31H21NO2/c1-20-11-14-23(15-12-20)32-25-16-13-22(21-7-3-2-4-8-21)19-24(25)30-26(32)17-18-29-31(30)34-28-10-6-5-9-27(28)33-29/h2-19H,1H3. The molecule has 0 atom stereocenters. The molecule has 0 N–H and O–H groups in total. The molecule has 2 heterocycles. The third-order valence-corrected chi connectivity index (χ3v) is 6.53. The zero-order valence-corrected chi connectivity index (χ0v) is 18.7. The van der Waals surface area contributed by atoms with Crippen LogP contribution in [0.1, 0.15) is 5.56 Å². The second-order valence-electron chi connectivity index (χ2n) is 8.71. The quantitative estimate of drug-likeness (QED) is 0.269. The molecule has 1 aliphatic rings. The Balaban J connectivity index is 1.56. The molecule has 0 saturated heterocycles. The summed E-state index contributed by atoms with van der Waals surface area (Å²) in [7, 11) is 0. The predicted octanol–water partition coefficient (Wildman–Crippen LogP) is 8.66. The van der Waals surface area contributed by atoms with Crippen molar-refractivity contribution in [3.8, 4) is 39.8 Å². The first-order valence-corrected chi connectivity index (χ1v) is 11.4.